The molecule has 0 fully saturated rings. The summed E-state index contributed by atoms with van der Waals surface area (Å²) in [7, 11) is 0. The highest BCUT2D eigenvalue weighted by Crippen LogP contribution is 2.25. The maximum absolute atomic E-state index is 5.90. The second-order valence-corrected chi connectivity index (χ2v) is 5.51. The highest BCUT2D eigenvalue weighted by Gasteiger charge is 2.06. The molecular weight excluding hydrogens is 234 g/mol. The van der Waals surface area contributed by atoms with E-state index in [9.17, 15) is 0 Å². The van der Waals surface area contributed by atoms with E-state index < -0.39 is 0 Å². The summed E-state index contributed by atoms with van der Waals surface area (Å²) < 4.78 is 5.90. The summed E-state index contributed by atoms with van der Waals surface area (Å²) >= 11 is 0. The van der Waals surface area contributed by atoms with E-state index in [0.29, 0.717) is 12.0 Å². The first-order chi connectivity index (χ1) is 9.15. The maximum Gasteiger partial charge on any atom is 0.122 e. The van der Waals surface area contributed by atoms with E-state index in [-0.39, 0.29) is 0 Å². The second kappa shape index (κ2) is 8.98. The third-order valence-electron chi connectivity index (χ3n) is 3.47. The summed E-state index contributed by atoms with van der Waals surface area (Å²) in [5.74, 6) is 1.57. The Hall–Kier alpha value is -1.02. The average Bonchev–Trinajstić information content (AvgIpc) is 2.42. The molecule has 19 heavy (non-hydrogen) atoms. The van der Waals surface area contributed by atoms with E-state index in [2.05, 4.69) is 51.2 Å². The molecule has 0 saturated heterocycles. The number of nitrogens with one attached hydrogen (secondary N) is 1. The number of hydrogen-bond donors (Lipinski definition) is 1. The van der Waals surface area contributed by atoms with E-state index in [0.717, 1.165) is 25.3 Å². The monoisotopic (exact) mass is 263 g/mol. The van der Waals surface area contributed by atoms with Crippen molar-refractivity contribution in [1.82, 2.24) is 5.32 Å². The lowest BCUT2D eigenvalue weighted by Crippen LogP contribution is -2.26. The SMILES string of the molecule is CC[C@H](C)NCCCCOc1ccccc1C(C)C. The number of benzene rings is 1. The number of hydrogen-bond acceptors (Lipinski definition) is 2. The normalized spacial score (nSPS) is 12.7. The van der Waals surface area contributed by atoms with Crippen molar-refractivity contribution in [3.05, 3.63) is 29.8 Å². The van der Waals surface area contributed by atoms with Gasteiger partial charge in [0.25, 0.3) is 0 Å². The van der Waals surface area contributed by atoms with Crippen LogP contribution in [0.1, 0.15) is 58.4 Å². The molecule has 1 atom stereocenters. The molecule has 108 valence electrons. The quantitative estimate of drug-likeness (QED) is 0.668. The standard InChI is InChI=1S/C17H29NO/c1-5-15(4)18-12-8-9-13-19-17-11-7-6-10-16(17)14(2)3/h6-7,10-11,14-15,18H,5,8-9,12-13H2,1-4H3/t15-/m0/s1. The smallest absolute Gasteiger partial charge is 0.122 e. The average molecular weight is 263 g/mol. The fraction of sp³-hybridized carbons (Fsp3) is 0.647. The molecule has 2 heteroatoms. The Morgan fingerprint density at radius 3 is 2.53 bits per heavy atom. The molecule has 0 aliphatic carbocycles. The van der Waals surface area contributed by atoms with Crippen LogP contribution < -0.4 is 10.1 Å². The molecule has 0 aromatic heterocycles. The van der Waals surface area contributed by atoms with Crippen molar-refractivity contribution in [2.75, 3.05) is 13.2 Å². The predicted molar refractivity (Wildman–Crippen MR) is 83.0 cm³/mol. The molecular formula is C17H29NO. The van der Waals surface area contributed by atoms with Crippen molar-refractivity contribution in [3.63, 3.8) is 0 Å². The predicted octanol–water partition coefficient (Wildman–Crippen LogP) is 4.36. The zero-order valence-corrected chi connectivity index (χ0v) is 12.9. The number of para-hydroxylation sites is 1. The fourth-order valence-electron chi connectivity index (χ4n) is 1.99. The largest absolute Gasteiger partial charge is 0.493 e. The van der Waals surface area contributed by atoms with Gasteiger partial charge in [0, 0.05) is 6.04 Å². The molecule has 0 amide bonds. The van der Waals surface area contributed by atoms with Crippen LogP contribution >= 0.6 is 0 Å². The molecule has 0 bridgehead atoms. The van der Waals surface area contributed by atoms with Gasteiger partial charge >= 0.3 is 0 Å². The van der Waals surface area contributed by atoms with E-state index >= 15 is 0 Å². The van der Waals surface area contributed by atoms with Crippen molar-refractivity contribution < 1.29 is 4.74 Å². The van der Waals surface area contributed by atoms with Gasteiger partial charge in [0.05, 0.1) is 6.61 Å². The number of rotatable bonds is 9. The van der Waals surface area contributed by atoms with Gasteiger partial charge in [0.1, 0.15) is 5.75 Å². The zero-order chi connectivity index (χ0) is 14.1. The van der Waals surface area contributed by atoms with Gasteiger partial charge in [0.2, 0.25) is 0 Å². The van der Waals surface area contributed by atoms with E-state index in [1.165, 1.54) is 18.4 Å². The van der Waals surface area contributed by atoms with Crippen LogP contribution in [0.25, 0.3) is 0 Å². The summed E-state index contributed by atoms with van der Waals surface area (Å²) in [6, 6.07) is 8.99. The van der Waals surface area contributed by atoms with Crippen LogP contribution in [0, 0.1) is 0 Å². The van der Waals surface area contributed by atoms with E-state index in [1.54, 1.807) is 0 Å². The summed E-state index contributed by atoms with van der Waals surface area (Å²) in [4.78, 5) is 0. The van der Waals surface area contributed by atoms with Gasteiger partial charge in [-0.2, -0.15) is 0 Å². The van der Waals surface area contributed by atoms with Crippen molar-refractivity contribution >= 4 is 0 Å². The number of ether oxygens (including phenoxy) is 1. The van der Waals surface area contributed by atoms with Crippen molar-refractivity contribution in [3.8, 4) is 5.75 Å². The first-order valence-electron chi connectivity index (χ1n) is 7.60. The molecule has 0 heterocycles. The van der Waals surface area contributed by atoms with Crippen molar-refractivity contribution in [1.29, 1.82) is 0 Å². The van der Waals surface area contributed by atoms with Gasteiger partial charge in [0.15, 0.2) is 0 Å². The van der Waals surface area contributed by atoms with Crippen LogP contribution in [0.3, 0.4) is 0 Å². The first-order valence-corrected chi connectivity index (χ1v) is 7.60. The molecule has 1 rings (SSSR count). The van der Waals surface area contributed by atoms with Gasteiger partial charge in [-0.25, -0.2) is 0 Å². The van der Waals surface area contributed by atoms with Gasteiger partial charge in [-0.05, 0) is 50.3 Å². The van der Waals surface area contributed by atoms with Crippen molar-refractivity contribution in [2.45, 2.75) is 58.9 Å². The van der Waals surface area contributed by atoms with Crippen LogP contribution in [0.2, 0.25) is 0 Å². The zero-order valence-electron chi connectivity index (χ0n) is 12.9. The van der Waals surface area contributed by atoms with Gasteiger partial charge in [-0.15, -0.1) is 0 Å². The fourth-order valence-corrected chi connectivity index (χ4v) is 1.99. The highest BCUT2D eigenvalue weighted by molar-refractivity contribution is 5.35. The molecule has 0 saturated carbocycles. The second-order valence-electron chi connectivity index (χ2n) is 5.51. The molecule has 2 nitrogen and oxygen atoms in total. The lowest BCUT2D eigenvalue weighted by molar-refractivity contribution is 0.300. The molecule has 0 spiro atoms. The molecule has 0 unspecified atom stereocenters. The lowest BCUT2D eigenvalue weighted by Gasteiger charge is -2.14. The topological polar surface area (TPSA) is 21.3 Å². The molecule has 1 aromatic rings. The molecule has 1 N–H and O–H groups in total. The van der Waals surface area contributed by atoms with Crippen LogP contribution in [0.5, 0.6) is 5.75 Å². The summed E-state index contributed by atoms with van der Waals surface area (Å²) in [6.07, 6.45) is 3.47. The van der Waals surface area contributed by atoms with E-state index in [4.69, 9.17) is 4.74 Å². The minimum atomic E-state index is 0.517. The van der Waals surface area contributed by atoms with Crippen LogP contribution in [0.15, 0.2) is 24.3 Å². The summed E-state index contributed by atoms with van der Waals surface area (Å²) in [6.45, 7) is 10.8. The Kier molecular flexibility index (Phi) is 7.57. The highest BCUT2D eigenvalue weighted by atomic mass is 16.5. The summed E-state index contributed by atoms with van der Waals surface area (Å²) in [5, 5.41) is 3.51. The third kappa shape index (κ3) is 6.11. The Bertz CT molecular complexity index is 349. The lowest BCUT2D eigenvalue weighted by atomic mass is 10.0. The first kappa shape index (κ1) is 16.0. The maximum atomic E-state index is 5.90. The molecule has 0 aliphatic heterocycles. The van der Waals surface area contributed by atoms with Gasteiger partial charge in [-0.1, -0.05) is 39.0 Å². The van der Waals surface area contributed by atoms with Crippen LogP contribution in [-0.4, -0.2) is 19.2 Å². The summed E-state index contributed by atoms with van der Waals surface area (Å²) in [5.41, 5.74) is 1.31. The Morgan fingerprint density at radius 2 is 1.84 bits per heavy atom. The molecule has 0 aliphatic rings. The van der Waals surface area contributed by atoms with Crippen LogP contribution in [-0.2, 0) is 0 Å². The Balaban J connectivity index is 2.23. The van der Waals surface area contributed by atoms with Crippen molar-refractivity contribution in [2.24, 2.45) is 0 Å². The van der Waals surface area contributed by atoms with Crippen LogP contribution in [0.4, 0.5) is 0 Å². The third-order valence-corrected chi connectivity index (χ3v) is 3.47. The number of unbranched alkanes of at least 4 members (excludes halogenated alkanes) is 1. The van der Waals surface area contributed by atoms with E-state index in [1.807, 2.05) is 6.07 Å². The minimum absolute atomic E-state index is 0.517. The minimum Gasteiger partial charge on any atom is -0.493 e. The molecule has 0 radical (unpaired) electrons. The Morgan fingerprint density at radius 1 is 1.11 bits per heavy atom. The molecule has 1 aromatic carbocycles. The Labute approximate surface area is 118 Å². The van der Waals surface area contributed by atoms with Gasteiger partial charge < -0.3 is 10.1 Å². The van der Waals surface area contributed by atoms with Gasteiger partial charge in [-0.3, -0.25) is 0 Å².